The van der Waals surface area contributed by atoms with Crippen molar-refractivity contribution in [2.45, 2.75) is 26.7 Å². The molecular weight excluding hydrogens is 400 g/mol. The van der Waals surface area contributed by atoms with Gasteiger partial charge in [0.05, 0.1) is 11.4 Å². The minimum absolute atomic E-state index is 0.339. The minimum Gasteiger partial charge on any atom is -0.267 e. The van der Waals surface area contributed by atoms with Crippen molar-refractivity contribution < 1.29 is 9.59 Å². The minimum atomic E-state index is -0.339. The van der Waals surface area contributed by atoms with Crippen LogP contribution in [-0.4, -0.2) is 23.2 Å². The van der Waals surface area contributed by atoms with E-state index < -0.39 is 0 Å². The van der Waals surface area contributed by atoms with Crippen molar-refractivity contribution in [2.24, 2.45) is 10.2 Å². The molecule has 0 saturated carbocycles. The lowest BCUT2D eigenvalue weighted by Crippen LogP contribution is -2.21. The number of hydrogen-bond acceptors (Lipinski definition) is 4. The average molecular weight is 427 g/mol. The Kier molecular flexibility index (Phi) is 8.03. The van der Waals surface area contributed by atoms with Crippen LogP contribution in [0.25, 0.3) is 0 Å². The van der Waals surface area contributed by atoms with Crippen molar-refractivity contribution in [3.63, 3.8) is 0 Å². The Morgan fingerprint density at radius 2 is 0.906 bits per heavy atom. The van der Waals surface area contributed by atoms with Crippen molar-refractivity contribution in [3.8, 4) is 0 Å². The predicted octanol–water partition coefficient (Wildman–Crippen LogP) is 4.77. The number of hydrazone groups is 2. The van der Waals surface area contributed by atoms with E-state index in [0.29, 0.717) is 24.0 Å². The number of carbonyl (C=O) groups excluding carboxylic acids is 2. The summed E-state index contributed by atoms with van der Waals surface area (Å²) in [6.07, 6.45) is 1.37. The van der Waals surface area contributed by atoms with Crippen molar-refractivity contribution in [1.29, 1.82) is 0 Å². The third-order valence-corrected chi connectivity index (χ3v) is 4.88. The maximum atomic E-state index is 12.4. The van der Waals surface area contributed by atoms with Gasteiger partial charge in [-0.1, -0.05) is 74.5 Å². The molecule has 6 heteroatoms. The largest absolute Gasteiger partial charge is 0.271 e. The normalized spacial score (nSPS) is 11.7. The Morgan fingerprint density at radius 1 is 0.562 bits per heavy atom. The summed E-state index contributed by atoms with van der Waals surface area (Å²) in [6, 6.07) is 25.8. The zero-order valence-electron chi connectivity index (χ0n) is 18.2. The highest BCUT2D eigenvalue weighted by Crippen LogP contribution is 2.08. The monoisotopic (exact) mass is 426 g/mol. The van der Waals surface area contributed by atoms with E-state index in [1.807, 2.05) is 74.5 Å². The smallest absolute Gasteiger partial charge is 0.267 e. The van der Waals surface area contributed by atoms with Gasteiger partial charge in [0.1, 0.15) is 0 Å². The van der Waals surface area contributed by atoms with Crippen LogP contribution in [0, 0.1) is 0 Å². The van der Waals surface area contributed by atoms with Crippen molar-refractivity contribution in [2.75, 3.05) is 0 Å². The molecule has 3 aromatic carbocycles. The fraction of sp³-hybridized carbons (Fsp3) is 0.154. The lowest BCUT2D eigenvalue weighted by Gasteiger charge is -2.07. The van der Waals surface area contributed by atoms with Crippen LogP contribution in [0.5, 0.6) is 0 Å². The number of nitrogens with one attached hydrogen (secondary N) is 2. The number of nitrogens with zero attached hydrogens (tertiary/aromatic N) is 2. The molecule has 32 heavy (non-hydrogen) atoms. The van der Waals surface area contributed by atoms with Crippen LogP contribution in [0.4, 0.5) is 0 Å². The van der Waals surface area contributed by atoms with Gasteiger partial charge in [-0.25, -0.2) is 10.9 Å². The molecule has 162 valence electrons. The second-order valence-corrected chi connectivity index (χ2v) is 7.02. The lowest BCUT2D eigenvalue weighted by atomic mass is 10.1. The first-order valence-corrected chi connectivity index (χ1v) is 10.6. The molecule has 0 aromatic heterocycles. The molecule has 0 atom stereocenters. The molecule has 2 amide bonds. The van der Waals surface area contributed by atoms with Crippen molar-refractivity contribution in [1.82, 2.24) is 10.9 Å². The van der Waals surface area contributed by atoms with Crippen LogP contribution in [0.2, 0.25) is 0 Å². The molecule has 0 aliphatic rings. The van der Waals surface area contributed by atoms with E-state index in [4.69, 9.17) is 0 Å². The van der Waals surface area contributed by atoms with Crippen LogP contribution in [0.3, 0.4) is 0 Å². The molecule has 0 unspecified atom stereocenters. The van der Waals surface area contributed by atoms with Crippen LogP contribution in [0.15, 0.2) is 95.1 Å². The van der Waals surface area contributed by atoms with Gasteiger partial charge in [0.15, 0.2) is 0 Å². The number of amides is 2. The molecule has 3 aromatic rings. The van der Waals surface area contributed by atoms with Crippen molar-refractivity contribution in [3.05, 3.63) is 107 Å². The number of carbonyl (C=O) groups is 2. The van der Waals surface area contributed by atoms with Crippen molar-refractivity contribution >= 4 is 23.2 Å². The number of hydrogen-bond donors (Lipinski definition) is 2. The molecule has 0 aliphatic heterocycles. The fourth-order valence-electron chi connectivity index (χ4n) is 3.10. The standard InChI is InChI=1S/C26H26N4O2/c1-3-23(19-11-7-5-8-12-19)27-29-25(31)21-15-17-22(18-16-21)26(32)30-28-24(4-2)20-13-9-6-10-14-20/h5-18H,3-4H2,1-2H3,(H,29,31)(H,30,32)/b27-23+,28-24+. The maximum Gasteiger partial charge on any atom is 0.271 e. The van der Waals surface area contributed by atoms with Gasteiger partial charge in [0, 0.05) is 11.1 Å². The van der Waals surface area contributed by atoms with Gasteiger partial charge in [0.25, 0.3) is 11.8 Å². The van der Waals surface area contributed by atoms with Crippen LogP contribution in [-0.2, 0) is 0 Å². The van der Waals surface area contributed by atoms with E-state index in [0.717, 1.165) is 22.6 Å². The zero-order valence-corrected chi connectivity index (χ0v) is 18.2. The SMILES string of the molecule is CC/C(=N\NC(=O)c1ccc(C(=O)N/N=C(\CC)c2ccccc2)cc1)c1ccccc1. The van der Waals surface area contributed by atoms with Gasteiger partial charge in [-0.15, -0.1) is 0 Å². The highest BCUT2D eigenvalue weighted by Gasteiger charge is 2.10. The molecule has 2 N–H and O–H groups in total. The van der Waals surface area contributed by atoms with Crippen LogP contribution >= 0.6 is 0 Å². The van der Waals surface area contributed by atoms with Gasteiger partial charge >= 0.3 is 0 Å². The Labute approximate surface area is 188 Å². The van der Waals surface area contributed by atoms with Gasteiger partial charge in [0.2, 0.25) is 0 Å². The summed E-state index contributed by atoms with van der Waals surface area (Å²) >= 11 is 0. The van der Waals surface area contributed by atoms with E-state index in [1.54, 1.807) is 24.3 Å². The number of rotatable bonds is 8. The van der Waals surface area contributed by atoms with Gasteiger partial charge < -0.3 is 0 Å². The topological polar surface area (TPSA) is 82.9 Å². The molecule has 6 nitrogen and oxygen atoms in total. The molecule has 0 radical (unpaired) electrons. The molecule has 0 heterocycles. The Morgan fingerprint density at radius 3 is 1.22 bits per heavy atom. The second-order valence-electron chi connectivity index (χ2n) is 7.02. The summed E-state index contributed by atoms with van der Waals surface area (Å²) in [4.78, 5) is 24.9. The third kappa shape index (κ3) is 5.98. The van der Waals surface area contributed by atoms with Gasteiger partial charge in [-0.3, -0.25) is 9.59 Å². The Balaban J connectivity index is 1.64. The van der Waals surface area contributed by atoms with E-state index in [-0.39, 0.29) is 11.8 Å². The molecular formula is C26H26N4O2. The highest BCUT2D eigenvalue weighted by atomic mass is 16.2. The maximum absolute atomic E-state index is 12.4. The van der Waals surface area contributed by atoms with E-state index in [9.17, 15) is 9.59 Å². The fourth-order valence-corrected chi connectivity index (χ4v) is 3.10. The first kappa shape index (κ1) is 22.6. The molecule has 0 saturated heterocycles. The lowest BCUT2D eigenvalue weighted by molar-refractivity contribution is 0.0943. The first-order valence-electron chi connectivity index (χ1n) is 10.6. The van der Waals surface area contributed by atoms with Crippen LogP contribution in [0.1, 0.15) is 58.5 Å². The quantitative estimate of drug-likeness (QED) is 0.402. The zero-order chi connectivity index (χ0) is 22.8. The van der Waals surface area contributed by atoms with E-state index in [1.165, 1.54) is 0 Å². The molecule has 0 fully saturated rings. The summed E-state index contributed by atoms with van der Waals surface area (Å²) in [6.45, 7) is 3.96. The third-order valence-electron chi connectivity index (χ3n) is 4.88. The summed E-state index contributed by atoms with van der Waals surface area (Å²) in [5, 5.41) is 8.51. The predicted molar refractivity (Wildman–Crippen MR) is 128 cm³/mol. The van der Waals surface area contributed by atoms with E-state index in [2.05, 4.69) is 21.1 Å². The highest BCUT2D eigenvalue weighted by molar-refractivity contribution is 6.03. The average Bonchev–Trinajstić information content (AvgIpc) is 2.86. The summed E-state index contributed by atoms with van der Waals surface area (Å²) in [5.41, 5.74) is 9.51. The summed E-state index contributed by atoms with van der Waals surface area (Å²) in [7, 11) is 0. The number of benzene rings is 3. The molecule has 0 aliphatic carbocycles. The molecule has 0 bridgehead atoms. The van der Waals surface area contributed by atoms with Crippen LogP contribution < -0.4 is 10.9 Å². The Bertz CT molecular complexity index is 1020. The molecule has 3 rings (SSSR count). The second kappa shape index (κ2) is 11.4. The summed E-state index contributed by atoms with van der Waals surface area (Å²) < 4.78 is 0. The summed E-state index contributed by atoms with van der Waals surface area (Å²) in [5.74, 6) is -0.677. The first-order chi connectivity index (χ1) is 15.6. The Hall–Kier alpha value is -4.06. The van der Waals surface area contributed by atoms with Gasteiger partial charge in [-0.05, 0) is 48.2 Å². The molecule has 0 spiro atoms. The van der Waals surface area contributed by atoms with E-state index >= 15 is 0 Å². The van der Waals surface area contributed by atoms with Gasteiger partial charge in [-0.2, -0.15) is 10.2 Å².